The maximum absolute atomic E-state index is 10.6. The smallest absolute Gasteiger partial charge is 0.372 e. The molecule has 0 heterocycles. The van der Waals surface area contributed by atoms with Gasteiger partial charge >= 0.3 is 11.9 Å². The summed E-state index contributed by atoms with van der Waals surface area (Å²) in [7, 11) is 0. The molecule has 0 atom stereocenters. The summed E-state index contributed by atoms with van der Waals surface area (Å²) in [5.41, 5.74) is -0.758. The van der Waals surface area contributed by atoms with Gasteiger partial charge in [-0.05, 0) is 6.42 Å². The zero-order chi connectivity index (χ0) is 12.6. The van der Waals surface area contributed by atoms with E-state index in [9.17, 15) is 14.4 Å². The molecule has 0 aliphatic rings. The van der Waals surface area contributed by atoms with Crippen LogP contribution >= 0.6 is 0 Å². The van der Waals surface area contributed by atoms with Gasteiger partial charge in [-0.15, -0.1) is 0 Å². The Labute approximate surface area is 89.1 Å². The van der Waals surface area contributed by atoms with Crippen LogP contribution in [0.4, 0.5) is 0 Å². The first kappa shape index (κ1) is 16.1. The Hall–Kier alpha value is -1.39. The molecule has 0 amide bonds. The molecular formula is C10H18O5. The Morgan fingerprint density at radius 1 is 1.07 bits per heavy atom. The number of carbonyl (C=O) groups excluding carboxylic acids is 1. The molecule has 0 aromatic rings. The van der Waals surface area contributed by atoms with Crippen molar-refractivity contribution in [2.45, 2.75) is 40.5 Å². The maximum atomic E-state index is 10.6. The molecule has 2 N–H and O–H groups in total. The van der Waals surface area contributed by atoms with Gasteiger partial charge in [0.2, 0.25) is 5.78 Å². The Morgan fingerprint density at radius 2 is 1.47 bits per heavy atom. The predicted octanol–water partition coefficient (Wildman–Crippen LogP) is 1.56. The van der Waals surface area contributed by atoms with Gasteiger partial charge in [0.15, 0.2) is 0 Å². The minimum absolute atomic E-state index is 0.292. The third kappa shape index (κ3) is 10.5. The normalized spacial score (nSPS) is 9.87. The lowest BCUT2D eigenvalue weighted by Gasteiger charge is -2.11. The summed E-state index contributed by atoms with van der Waals surface area (Å²) in [5.74, 6) is -2.82. The Kier molecular flexibility index (Phi) is 7.47. The van der Waals surface area contributed by atoms with Gasteiger partial charge < -0.3 is 10.2 Å². The number of carboxylic acid groups (broad SMARTS) is 2. The molecule has 0 unspecified atom stereocenters. The fraction of sp³-hybridized carbons (Fsp3) is 0.700. The third-order valence-corrected chi connectivity index (χ3v) is 1.34. The molecule has 0 saturated carbocycles. The Balaban J connectivity index is 0. The third-order valence-electron chi connectivity index (χ3n) is 1.34. The van der Waals surface area contributed by atoms with E-state index < -0.39 is 23.1 Å². The molecule has 0 radical (unpaired) electrons. The summed E-state index contributed by atoms with van der Waals surface area (Å²) < 4.78 is 0. The van der Waals surface area contributed by atoms with Crippen molar-refractivity contribution in [1.29, 1.82) is 0 Å². The quantitative estimate of drug-likeness (QED) is 0.701. The SMILES string of the molecule is CC(C)(C)C(=O)C(=O)O.CCCC(=O)O. The molecule has 0 aliphatic heterocycles. The number of rotatable bonds is 3. The summed E-state index contributed by atoms with van der Waals surface area (Å²) in [4.78, 5) is 30.2. The van der Waals surface area contributed by atoms with Gasteiger partial charge in [-0.1, -0.05) is 27.7 Å². The summed E-state index contributed by atoms with van der Waals surface area (Å²) in [5, 5.41) is 16.1. The molecule has 15 heavy (non-hydrogen) atoms. The predicted molar refractivity (Wildman–Crippen MR) is 54.6 cm³/mol. The zero-order valence-corrected chi connectivity index (χ0v) is 9.53. The molecule has 88 valence electrons. The number of hydrogen-bond acceptors (Lipinski definition) is 3. The average Bonchev–Trinajstić information content (AvgIpc) is 2.01. The first-order valence-corrected chi connectivity index (χ1v) is 4.62. The van der Waals surface area contributed by atoms with E-state index in [1.165, 1.54) is 0 Å². The van der Waals surface area contributed by atoms with Gasteiger partial charge in [-0.25, -0.2) is 4.79 Å². The second-order valence-electron chi connectivity index (χ2n) is 4.03. The minimum Gasteiger partial charge on any atom is -0.481 e. The lowest BCUT2D eigenvalue weighted by Crippen LogP contribution is -2.27. The van der Waals surface area contributed by atoms with Crippen molar-refractivity contribution in [3.05, 3.63) is 0 Å². The molecular weight excluding hydrogens is 200 g/mol. The molecule has 0 aromatic heterocycles. The molecule has 0 aliphatic carbocycles. The topological polar surface area (TPSA) is 91.7 Å². The maximum Gasteiger partial charge on any atom is 0.372 e. The number of carboxylic acids is 2. The summed E-state index contributed by atoms with van der Waals surface area (Å²) >= 11 is 0. The molecule has 5 nitrogen and oxygen atoms in total. The van der Waals surface area contributed by atoms with Crippen LogP contribution in [0.1, 0.15) is 40.5 Å². The fourth-order valence-electron chi connectivity index (χ4n) is 0.535. The number of aliphatic carboxylic acids is 2. The first-order chi connectivity index (χ1) is 6.62. The molecule has 0 rings (SSSR count). The van der Waals surface area contributed by atoms with E-state index in [4.69, 9.17) is 10.2 Å². The van der Waals surface area contributed by atoms with Crippen molar-refractivity contribution in [1.82, 2.24) is 0 Å². The van der Waals surface area contributed by atoms with Crippen LogP contribution in [0.25, 0.3) is 0 Å². The molecule has 5 heteroatoms. The Bertz CT molecular complexity index is 237. The van der Waals surface area contributed by atoms with Gasteiger partial charge in [-0.2, -0.15) is 0 Å². The van der Waals surface area contributed by atoms with Gasteiger partial charge in [0.25, 0.3) is 0 Å². The summed E-state index contributed by atoms with van der Waals surface area (Å²) in [6.45, 7) is 6.56. The monoisotopic (exact) mass is 218 g/mol. The van der Waals surface area contributed by atoms with E-state index in [-0.39, 0.29) is 0 Å². The van der Waals surface area contributed by atoms with Crippen molar-refractivity contribution < 1.29 is 24.6 Å². The largest absolute Gasteiger partial charge is 0.481 e. The lowest BCUT2D eigenvalue weighted by atomic mass is 9.91. The van der Waals surface area contributed by atoms with Crippen LogP contribution in [0.5, 0.6) is 0 Å². The van der Waals surface area contributed by atoms with Crippen LogP contribution in [0.3, 0.4) is 0 Å². The standard InChI is InChI=1S/C6H10O3.C4H8O2/c1-6(2,3)4(7)5(8)9;1-2-3-4(5)6/h1-3H3,(H,8,9);2-3H2,1H3,(H,5,6). The highest BCUT2D eigenvalue weighted by Crippen LogP contribution is 2.13. The summed E-state index contributed by atoms with van der Waals surface area (Å²) in [6.07, 6.45) is 1.02. The van der Waals surface area contributed by atoms with Gasteiger partial charge in [-0.3, -0.25) is 9.59 Å². The number of hydrogen-bond donors (Lipinski definition) is 2. The molecule has 0 bridgehead atoms. The highest BCUT2D eigenvalue weighted by Gasteiger charge is 2.27. The molecule has 0 fully saturated rings. The number of carbonyl (C=O) groups is 3. The van der Waals surface area contributed by atoms with Crippen molar-refractivity contribution in [3.8, 4) is 0 Å². The van der Waals surface area contributed by atoms with Gasteiger partial charge in [0.1, 0.15) is 0 Å². The second kappa shape index (κ2) is 6.98. The average molecular weight is 218 g/mol. The van der Waals surface area contributed by atoms with Crippen molar-refractivity contribution in [2.75, 3.05) is 0 Å². The van der Waals surface area contributed by atoms with Gasteiger partial charge in [0.05, 0.1) is 0 Å². The van der Waals surface area contributed by atoms with Crippen molar-refractivity contribution in [2.24, 2.45) is 5.41 Å². The van der Waals surface area contributed by atoms with Crippen LogP contribution in [0.15, 0.2) is 0 Å². The van der Waals surface area contributed by atoms with E-state index >= 15 is 0 Å². The first-order valence-electron chi connectivity index (χ1n) is 4.62. The van der Waals surface area contributed by atoms with Crippen LogP contribution in [-0.2, 0) is 14.4 Å². The zero-order valence-electron chi connectivity index (χ0n) is 9.53. The van der Waals surface area contributed by atoms with Crippen molar-refractivity contribution >= 4 is 17.7 Å². The highest BCUT2D eigenvalue weighted by atomic mass is 16.4. The van der Waals surface area contributed by atoms with E-state index in [0.29, 0.717) is 6.42 Å². The highest BCUT2D eigenvalue weighted by molar-refractivity contribution is 6.34. The van der Waals surface area contributed by atoms with Crippen LogP contribution in [0.2, 0.25) is 0 Å². The molecule has 0 aromatic carbocycles. The van der Waals surface area contributed by atoms with E-state index in [0.717, 1.165) is 6.42 Å². The summed E-state index contributed by atoms with van der Waals surface area (Å²) in [6, 6.07) is 0. The fourth-order valence-corrected chi connectivity index (χ4v) is 0.535. The Morgan fingerprint density at radius 3 is 1.47 bits per heavy atom. The van der Waals surface area contributed by atoms with Crippen molar-refractivity contribution in [3.63, 3.8) is 0 Å². The van der Waals surface area contributed by atoms with E-state index in [1.807, 2.05) is 6.92 Å². The second-order valence-corrected chi connectivity index (χ2v) is 4.03. The molecule has 0 spiro atoms. The lowest BCUT2D eigenvalue weighted by molar-refractivity contribution is -0.152. The van der Waals surface area contributed by atoms with E-state index in [1.54, 1.807) is 20.8 Å². The molecule has 0 saturated heterocycles. The number of ketones is 1. The van der Waals surface area contributed by atoms with Crippen LogP contribution in [-0.4, -0.2) is 27.9 Å². The van der Waals surface area contributed by atoms with E-state index in [2.05, 4.69) is 0 Å². The van der Waals surface area contributed by atoms with Crippen LogP contribution < -0.4 is 0 Å². The van der Waals surface area contributed by atoms with Gasteiger partial charge in [0, 0.05) is 11.8 Å². The number of Topliss-reactive ketones (excluding diaryl/α,β-unsaturated/α-hetero) is 1. The minimum atomic E-state index is -1.36. The van der Waals surface area contributed by atoms with Crippen LogP contribution in [0, 0.1) is 5.41 Å².